The average Bonchev–Trinajstić information content (AvgIpc) is 2.78. The van der Waals surface area contributed by atoms with Gasteiger partial charge in [0.05, 0.1) is 10.7 Å². The second-order valence-electron chi connectivity index (χ2n) is 7.99. The molecule has 0 aliphatic heterocycles. The molecule has 0 aromatic heterocycles. The summed E-state index contributed by atoms with van der Waals surface area (Å²) in [6.45, 7) is 6.91. The van der Waals surface area contributed by atoms with Crippen molar-refractivity contribution in [1.82, 2.24) is 10.2 Å². The van der Waals surface area contributed by atoms with Gasteiger partial charge in [-0.1, -0.05) is 63.2 Å². The molecular weight excluding hydrogens is 426 g/mol. The predicted molar refractivity (Wildman–Crippen MR) is 128 cm³/mol. The molecule has 0 radical (unpaired) electrons. The molecule has 7 nitrogen and oxygen atoms in total. The van der Waals surface area contributed by atoms with Crippen LogP contribution in [0.3, 0.4) is 0 Å². The number of benzene rings is 2. The SMILES string of the molecule is CCC(C(=O)NCC(C)C)N(Cc1ccccc1)C(=O)CSCc1ccc([N+](=O)[O-])cc1. The first-order chi connectivity index (χ1) is 15.3. The number of nitrogens with zero attached hydrogens (tertiary/aromatic N) is 2. The van der Waals surface area contributed by atoms with E-state index in [1.807, 2.05) is 51.1 Å². The molecule has 1 N–H and O–H groups in total. The maximum atomic E-state index is 13.2. The van der Waals surface area contributed by atoms with Gasteiger partial charge in [-0.2, -0.15) is 0 Å². The maximum absolute atomic E-state index is 13.2. The number of rotatable bonds is 12. The van der Waals surface area contributed by atoms with Crippen LogP contribution < -0.4 is 5.32 Å². The number of amides is 2. The monoisotopic (exact) mass is 457 g/mol. The first kappa shape index (κ1) is 25.4. The van der Waals surface area contributed by atoms with Crippen LogP contribution in [0.4, 0.5) is 5.69 Å². The lowest BCUT2D eigenvalue weighted by molar-refractivity contribution is -0.384. The van der Waals surface area contributed by atoms with E-state index in [9.17, 15) is 19.7 Å². The molecule has 8 heteroatoms. The van der Waals surface area contributed by atoms with E-state index in [1.54, 1.807) is 17.0 Å². The molecule has 0 fully saturated rings. The smallest absolute Gasteiger partial charge is 0.269 e. The van der Waals surface area contributed by atoms with E-state index in [1.165, 1.54) is 23.9 Å². The van der Waals surface area contributed by atoms with Gasteiger partial charge in [0.25, 0.3) is 5.69 Å². The van der Waals surface area contributed by atoms with Gasteiger partial charge in [-0.15, -0.1) is 11.8 Å². The highest BCUT2D eigenvalue weighted by molar-refractivity contribution is 7.99. The molecule has 0 heterocycles. The molecule has 2 amide bonds. The summed E-state index contributed by atoms with van der Waals surface area (Å²) in [6.07, 6.45) is 0.523. The van der Waals surface area contributed by atoms with Crippen LogP contribution >= 0.6 is 11.8 Å². The Labute approximate surface area is 193 Å². The van der Waals surface area contributed by atoms with E-state index >= 15 is 0 Å². The minimum atomic E-state index is -0.540. The highest BCUT2D eigenvalue weighted by Gasteiger charge is 2.28. The lowest BCUT2D eigenvalue weighted by Crippen LogP contribution is -2.50. The fraction of sp³-hybridized carbons (Fsp3) is 0.417. The summed E-state index contributed by atoms with van der Waals surface area (Å²) < 4.78 is 0. The van der Waals surface area contributed by atoms with Crippen LogP contribution in [0.15, 0.2) is 54.6 Å². The van der Waals surface area contributed by atoms with E-state index in [-0.39, 0.29) is 23.3 Å². The van der Waals surface area contributed by atoms with Crippen LogP contribution in [0.5, 0.6) is 0 Å². The molecule has 0 aliphatic rings. The Bertz CT molecular complexity index is 888. The van der Waals surface area contributed by atoms with Crippen molar-refractivity contribution in [3.05, 3.63) is 75.8 Å². The van der Waals surface area contributed by atoms with Crippen molar-refractivity contribution in [3.8, 4) is 0 Å². The third-order valence-corrected chi connectivity index (χ3v) is 5.90. The number of non-ortho nitro benzene ring substituents is 1. The van der Waals surface area contributed by atoms with E-state index in [2.05, 4.69) is 5.32 Å². The minimum absolute atomic E-state index is 0.0436. The zero-order valence-electron chi connectivity index (χ0n) is 18.8. The second kappa shape index (κ2) is 12.9. The van der Waals surface area contributed by atoms with E-state index in [0.717, 1.165) is 11.1 Å². The van der Waals surface area contributed by atoms with E-state index < -0.39 is 11.0 Å². The highest BCUT2D eigenvalue weighted by Crippen LogP contribution is 2.19. The molecule has 32 heavy (non-hydrogen) atoms. The third kappa shape index (κ3) is 8.00. The van der Waals surface area contributed by atoms with Gasteiger partial charge in [0.1, 0.15) is 6.04 Å². The van der Waals surface area contributed by atoms with Gasteiger partial charge >= 0.3 is 0 Å². The first-order valence-electron chi connectivity index (χ1n) is 10.7. The zero-order valence-corrected chi connectivity index (χ0v) is 19.6. The van der Waals surface area contributed by atoms with Crippen molar-refractivity contribution in [2.24, 2.45) is 5.92 Å². The summed E-state index contributed by atoms with van der Waals surface area (Å²) in [5, 5.41) is 13.7. The Kier molecular flexibility index (Phi) is 10.2. The van der Waals surface area contributed by atoms with Crippen molar-refractivity contribution >= 4 is 29.3 Å². The number of carbonyl (C=O) groups is 2. The summed E-state index contributed by atoms with van der Waals surface area (Å²) in [4.78, 5) is 38.0. The zero-order chi connectivity index (χ0) is 23.5. The number of carbonyl (C=O) groups excluding carboxylic acids is 2. The molecule has 2 aromatic rings. The minimum Gasteiger partial charge on any atom is -0.354 e. The van der Waals surface area contributed by atoms with Gasteiger partial charge in [0.15, 0.2) is 0 Å². The topological polar surface area (TPSA) is 92.6 Å². The number of nitrogens with one attached hydrogen (secondary N) is 1. The second-order valence-corrected chi connectivity index (χ2v) is 8.97. The van der Waals surface area contributed by atoms with Crippen LogP contribution in [0.1, 0.15) is 38.3 Å². The van der Waals surface area contributed by atoms with Crippen LogP contribution in [0, 0.1) is 16.0 Å². The van der Waals surface area contributed by atoms with Crippen LogP contribution in [0.2, 0.25) is 0 Å². The van der Waals surface area contributed by atoms with Gasteiger partial charge in [0, 0.05) is 31.0 Å². The van der Waals surface area contributed by atoms with Crippen molar-refractivity contribution in [1.29, 1.82) is 0 Å². The normalized spacial score (nSPS) is 11.8. The molecule has 172 valence electrons. The van der Waals surface area contributed by atoms with Crippen molar-refractivity contribution < 1.29 is 14.5 Å². The van der Waals surface area contributed by atoms with Gasteiger partial charge in [-0.25, -0.2) is 0 Å². The van der Waals surface area contributed by atoms with Gasteiger partial charge in [-0.3, -0.25) is 19.7 Å². The molecule has 0 aliphatic carbocycles. The van der Waals surface area contributed by atoms with E-state index in [0.29, 0.717) is 31.2 Å². The van der Waals surface area contributed by atoms with Gasteiger partial charge in [-0.05, 0) is 23.5 Å². The summed E-state index contributed by atoms with van der Waals surface area (Å²) in [5.74, 6) is 0.863. The largest absolute Gasteiger partial charge is 0.354 e. The quantitative estimate of drug-likeness (QED) is 0.376. The third-order valence-electron chi connectivity index (χ3n) is 4.91. The molecule has 2 aromatic carbocycles. The van der Waals surface area contributed by atoms with Gasteiger partial charge in [0.2, 0.25) is 11.8 Å². The Morgan fingerprint density at radius 3 is 2.28 bits per heavy atom. The number of thioether (sulfide) groups is 1. The summed E-state index contributed by atoms with van der Waals surface area (Å²) in [7, 11) is 0. The molecule has 0 saturated heterocycles. The molecule has 1 unspecified atom stereocenters. The fourth-order valence-corrected chi connectivity index (χ4v) is 4.05. The number of nitro benzene ring substituents is 1. The van der Waals surface area contributed by atoms with Crippen molar-refractivity contribution in [3.63, 3.8) is 0 Å². The van der Waals surface area contributed by atoms with Crippen LogP contribution in [-0.2, 0) is 21.9 Å². The van der Waals surface area contributed by atoms with Gasteiger partial charge < -0.3 is 10.2 Å². The standard InChI is InChI=1S/C24H31N3O4S/c1-4-22(24(29)25-14-18(2)3)26(15-19-8-6-5-7-9-19)23(28)17-32-16-20-10-12-21(13-11-20)27(30)31/h5-13,18,22H,4,14-17H2,1-3H3,(H,25,29). The number of hydrogen-bond acceptors (Lipinski definition) is 5. The van der Waals surface area contributed by atoms with E-state index in [4.69, 9.17) is 0 Å². The molecule has 0 spiro atoms. The lowest BCUT2D eigenvalue weighted by Gasteiger charge is -2.31. The lowest BCUT2D eigenvalue weighted by atomic mass is 10.1. The maximum Gasteiger partial charge on any atom is 0.269 e. The molecule has 1 atom stereocenters. The van der Waals surface area contributed by atoms with Crippen LogP contribution in [0.25, 0.3) is 0 Å². The summed E-state index contributed by atoms with van der Waals surface area (Å²) in [5.41, 5.74) is 1.92. The molecule has 0 bridgehead atoms. The Hall–Kier alpha value is -2.87. The first-order valence-corrected chi connectivity index (χ1v) is 11.9. The Morgan fingerprint density at radius 1 is 1.06 bits per heavy atom. The summed E-state index contributed by atoms with van der Waals surface area (Å²) >= 11 is 1.43. The van der Waals surface area contributed by atoms with Crippen molar-refractivity contribution in [2.75, 3.05) is 12.3 Å². The molecular formula is C24H31N3O4S. The highest BCUT2D eigenvalue weighted by atomic mass is 32.2. The molecule has 0 saturated carbocycles. The average molecular weight is 458 g/mol. The Balaban J connectivity index is 2.06. The fourth-order valence-electron chi connectivity index (χ4n) is 3.18. The van der Waals surface area contributed by atoms with Crippen LogP contribution in [-0.4, -0.2) is 40.0 Å². The predicted octanol–water partition coefficient (Wildman–Crippen LogP) is 4.41. The molecule has 2 rings (SSSR count). The summed E-state index contributed by atoms with van der Waals surface area (Å²) in [6, 6.07) is 15.4. The number of nitro groups is 1. The number of hydrogen-bond donors (Lipinski definition) is 1. The Morgan fingerprint density at radius 2 is 1.72 bits per heavy atom. The van der Waals surface area contributed by atoms with Crippen molar-refractivity contribution in [2.45, 2.75) is 45.5 Å².